The number of aromatic nitrogens is 2. The monoisotopic (exact) mass is 428 g/mol. The predicted octanol–water partition coefficient (Wildman–Crippen LogP) is -0.754. The number of carbonyl (C=O) groups excluding carboxylic acids is 2. The molecule has 3 unspecified atom stereocenters. The molecule has 13 heteroatoms. The van der Waals surface area contributed by atoms with Gasteiger partial charge in [-0.05, 0) is 25.2 Å². The summed E-state index contributed by atoms with van der Waals surface area (Å²) in [6, 6.07) is -1.48. The first kappa shape index (κ1) is 20.2. The van der Waals surface area contributed by atoms with Gasteiger partial charge in [-0.3, -0.25) is 14.2 Å². The number of carbonyl (C=O) groups is 2. The molecule has 3 aliphatic heterocycles. The molecule has 0 spiro atoms. The molecule has 3 fully saturated rings. The van der Waals surface area contributed by atoms with Crippen LogP contribution in [0.1, 0.15) is 19.3 Å². The molecule has 1 aromatic rings. The summed E-state index contributed by atoms with van der Waals surface area (Å²) >= 11 is -2.59. The van der Waals surface area contributed by atoms with Crippen molar-refractivity contribution in [1.29, 1.82) is 0 Å². The highest BCUT2D eigenvalue weighted by atomic mass is 32.2. The Balaban J connectivity index is 1.20. The van der Waals surface area contributed by atoms with Gasteiger partial charge in [0.15, 0.2) is 0 Å². The van der Waals surface area contributed by atoms with Crippen molar-refractivity contribution in [3.05, 3.63) is 18.7 Å². The smallest absolute Gasteiger partial charge is 0.337 e. The van der Waals surface area contributed by atoms with Crippen molar-refractivity contribution in [3.63, 3.8) is 0 Å². The van der Waals surface area contributed by atoms with Gasteiger partial charge in [-0.15, -0.1) is 4.28 Å². The summed E-state index contributed by atoms with van der Waals surface area (Å²) in [7, 11) is 0. The van der Waals surface area contributed by atoms with Crippen LogP contribution in [0.3, 0.4) is 0 Å². The Morgan fingerprint density at radius 2 is 2.31 bits per heavy atom. The van der Waals surface area contributed by atoms with E-state index in [0.29, 0.717) is 25.4 Å². The molecule has 3 amide bonds. The molecule has 0 radical (unpaired) electrons. The maximum Gasteiger partial charge on any atom is 0.346 e. The summed E-state index contributed by atoms with van der Waals surface area (Å²) < 4.78 is 26.4. The van der Waals surface area contributed by atoms with E-state index in [0.717, 1.165) is 24.6 Å². The fraction of sp³-hybridized carbons (Fsp3) is 0.688. The molecule has 0 saturated carbocycles. The van der Waals surface area contributed by atoms with Gasteiger partial charge in [-0.25, -0.2) is 15.3 Å². The van der Waals surface area contributed by atoms with Gasteiger partial charge in [0.25, 0.3) is 5.91 Å². The van der Waals surface area contributed by atoms with Crippen LogP contribution in [0.5, 0.6) is 0 Å². The van der Waals surface area contributed by atoms with E-state index in [9.17, 15) is 13.8 Å². The van der Waals surface area contributed by atoms with E-state index in [-0.39, 0.29) is 18.6 Å². The van der Waals surface area contributed by atoms with Gasteiger partial charge in [0, 0.05) is 38.1 Å². The third-order valence-electron chi connectivity index (χ3n) is 5.57. The van der Waals surface area contributed by atoms with Gasteiger partial charge in [0.1, 0.15) is 6.04 Å². The first-order valence-electron chi connectivity index (χ1n) is 9.51. The molecule has 0 aliphatic carbocycles. The molecule has 3 saturated heterocycles. The van der Waals surface area contributed by atoms with Gasteiger partial charge in [0.05, 0.1) is 19.0 Å². The standard InChI is InChI=1S/C16H24N6O6S/c23-15(14-2-1-13-8-21(14)16(24)22(13)28-29(25)26)19-27-9-12-5-11(6-18-12)7-20-4-3-17-10-20/h3-4,10-14,18H,1-2,5-9H2,(H,19,23)(H,25,26)/t11-,12+,13?,14?/m0/s1. The van der Waals surface area contributed by atoms with Gasteiger partial charge in [0.2, 0.25) is 0 Å². The first-order valence-corrected chi connectivity index (χ1v) is 10.5. The summed E-state index contributed by atoms with van der Waals surface area (Å²) in [6.07, 6.45) is 7.33. The fourth-order valence-electron chi connectivity index (χ4n) is 4.21. The zero-order chi connectivity index (χ0) is 20.4. The number of rotatable bonds is 8. The van der Waals surface area contributed by atoms with Crippen LogP contribution in [0.2, 0.25) is 0 Å². The second-order valence-electron chi connectivity index (χ2n) is 7.54. The number of amides is 3. The molecule has 0 aromatic carbocycles. The quantitative estimate of drug-likeness (QED) is 0.363. The number of nitrogens with one attached hydrogen (secondary N) is 2. The number of imidazole rings is 1. The van der Waals surface area contributed by atoms with Crippen LogP contribution in [0.15, 0.2) is 18.7 Å². The van der Waals surface area contributed by atoms with Gasteiger partial charge >= 0.3 is 17.4 Å². The summed E-state index contributed by atoms with van der Waals surface area (Å²) in [4.78, 5) is 35.6. The lowest BCUT2D eigenvalue weighted by atomic mass is 10.0. The van der Waals surface area contributed by atoms with Crippen LogP contribution in [0.4, 0.5) is 4.79 Å². The van der Waals surface area contributed by atoms with Crippen LogP contribution in [-0.4, -0.2) is 78.0 Å². The lowest BCUT2D eigenvalue weighted by molar-refractivity contribution is -0.139. The van der Waals surface area contributed by atoms with E-state index >= 15 is 0 Å². The van der Waals surface area contributed by atoms with Crippen molar-refractivity contribution in [1.82, 2.24) is 30.3 Å². The third-order valence-corrected chi connectivity index (χ3v) is 5.86. The van der Waals surface area contributed by atoms with Crippen molar-refractivity contribution >= 4 is 23.3 Å². The predicted molar refractivity (Wildman–Crippen MR) is 98.8 cm³/mol. The highest BCUT2D eigenvalue weighted by molar-refractivity contribution is 7.74. The molecule has 2 bridgehead atoms. The molecule has 4 rings (SSSR count). The van der Waals surface area contributed by atoms with Crippen molar-refractivity contribution < 1.29 is 27.5 Å². The molecule has 29 heavy (non-hydrogen) atoms. The highest BCUT2D eigenvalue weighted by Crippen LogP contribution is 2.30. The van der Waals surface area contributed by atoms with Gasteiger partial charge in [-0.1, -0.05) is 0 Å². The molecule has 12 nitrogen and oxygen atoms in total. The lowest BCUT2D eigenvalue weighted by Crippen LogP contribution is -2.50. The van der Waals surface area contributed by atoms with Crippen molar-refractivity contribution in [2.45, 2.75) is 43.9 Å². The van der Waals surface area contributed by atoms with E-state index in [4.69, 9.17) is 9.39 Å². The first-order chi connectivity index (χ1) is 14.0. The van der Waals surface area contributed by atoms with Crippen LogP contribution >= 0.6 is 0 Å². The molecule has 3 N–H and O–H groups in total. The Hall–Kier alpha value is -2.06. The van der Waals surface area contributed by atoms with Crippen molar-refractivity contribution in [2.24, 2.45) is 5.92 Å². The molecule has 1 aromatic heterocycles. The molecular weight excluding hydrogens is 404 g/mol. The SMILES string of the molecule is O=C(NOC[C@H]1C[C@H](Cn2ccnc2)CN1)C1CCC2CN1C(=O)N2OS(=O)O. The van der Waals surface area contributed by atoms with Crippen LogP contribution in [0.25, 0.3) is 0 Å². The zero-order valence-electron chi connectivity index (χ0n) is 15.7. The largest absolute Gasteiger partial charge is 0.346 e. The summed E-state index contributed by atoms with van der Waals surface area (Å²) in [5.41, 5.74) is 2.44. The van der Waals surface area contributed by atoms with E-state index in [2.05, 4.69) is 20.1 Å². The van der Waals surface area contributed by atoms with E-state index < -0.39 is 29.3 Å². The van der Waals surface area contributed by atoms with E-state index in [1.807, 2.05) is 10.8 Å². The molecule has 160 valence electrons. The Morgan fingerprint density at radius 1 is 1.45 bits per heavy atom. The Bertz CT molecular complexity index is 763. The summed E-state index contributed by atoms with van der Waals surface area (Å²) in [6.45, 7) is 2.35. The highest BCUT2D eigenvalue weighted by Gasteiger charge is 2.48. The lowest BCUT2D eigenvalue weighted by Gasteiger charge is -2.29. The normalized spacial score (nSPS) is 30.0. The minimum atomic E-state index is -2.59. The summed E-state index contributed by atoms with van der Waals surface area (Å²) in [5, 5.41) is 4.26. The molecular formula is C16H24N6O6S. The average Bonchev–Trinajstić information content (AvgIpc) is 3.41. The number of hydrogen-bond donors (Lipinski definition) is 3. The number of piperidine rings is 1. The second kappa shape index (κ2) is 8.75. The van der Waals surface area contributed by atoms with E-state index in [1.165, 1.54) is 4.90 Å². The number of hydrogen-bond acceptors (Lipinski definition) is 7. The van der Waals surface area contributed by atoms with Gasteiger partial charge < -0.3 is 14.8 Å². The fourth-order valence-corrected chi connectivity index (χ4v) is 4.54. The molecule has 4 heterocycles. The maximum absolute atomic E-state index is 12.5. The van der Waals surface area contributed by atoms with Crippen molar-refractivity contribution in [2.75, 3.05) is 19.7 Å². The number of hydroxylamine groups is 3. The Kier molecular flexibility index (Phi) is 6.10. The minimum absolute atomic E-state index is 0.136. The second-order valence-corrected chi connectivity index (χ2v) is 8.13. The maximum atomic E-state index is 12.5. The van der Waals surface area contributed by atoms with Crippen molar-refractivity contribution in [3.8, 4) is 0 Å². The number of fused-ring (bicyclic) bond motifs is 2. The minimum Gasteiger partial charge on any atom is -0.337 e. The number of nitrogens with zero attached hydrogens (tertiary/aromatic N) is 4. The zero-order valence-corrected chi connectivity index (χ0v) is 16.5. The van der Waals surface area contributed by atoms with Crippen LogP contribution in [0, 0.1) is 5.92 Å². The number of urea groups is 1. The average molecular weight is 428 g/mol. The van der Waals surface area contributed by atoms with Crippen LogP contribution < -0.4 is 10.8 Å². The topological polar surface area (TPSA) is 138 Å². The Labute approximate surface area is 169 Å². The summed E-state index contributed by atoms with van der Waals surface area (Å²) in [5.74, 6) is 0.0609. The van der Waals surface area contributed by atoms with E-state index in [1.54, 1.807) is 12.5 Å². The third kappa shape index (κ3) is 4.59. The van der Waals surface area contributed by atoms with Gasteiger partial charge in [-0.2, -0.15) is 9.27 Å². The van der Waals surface area contributed by atoms with Crippen LogP contribution in [-0.2, 0) is 31.8 Å². The molecule has 5 atom stereocenters. The molecule has 3 aliphatic rings. The Morgan fingerprint density at radius 3 is 3.07 bits per heavy atom.